The SMILES string of the molecule is CO/N=C(\C(=O)N[C@@H]1C(=O)N2C(C(=O)[O-])=C(/C=C/C[N+](C)(C)CC(=O)NN)CS[C@@H]12)c1nsc(N)n1. The molecule has 0 aromatic carbocycles. The van der Waals surface area contributed by atoms with Crippen LogP contribution in [-0.2, 0) is 24.0 Å². The molecule has 17 heteroatoms. The lowest BCUT2D eigenvalue weighted by atomic mass is 10.0. The second-order valence-corrected chi connectivity index (χ2v) is 10.2. The lowest BCUT2D eigenvalue weighted by molar-refractivity contribution is -0.876. The highest BCUT2D eigenvalue weighted by molar-refractivity contribution is 8.00. The van der Waals surface area contributed by atoms with Crippen LogP contribution in [0.4, 0.5) is 5.13 Å². The zero-order valence-corrected chi connectivity index (χ0v) is 21.2. The second-order valence-electron chi connectivity index (χ2n) is 8.35. The number of carboxylic acids is 1. The number of carbonyl (C=O) groups excluding carboxylic acids is 4. The third kappa shape index (κ3) is 5.81. The minimum atomic E-state index is -1.52. The third-order valence-corrected chi connectivity index (χ3v) is 7.02. The number of aromatic nitrogens is 2. The van der Waals surface area contributed by atoms with Crippen LogP contribution >= 0.6 is 23.3 Å². The molecule has 2 atom stereocenters. The molecule has 3 heterocycles. The average Bonchev–Trinajstić information content (AvgIpc) is 3.25. The van der Waals surface area contributed by atoms with Gasteiger partial charge in [0.1, 0.15) is 18.5 Å². The Kier molecular flexibility index (Phi) is 8.28. The first kappa shape index (κ1) is 27.1. The minimum absolute atomic E-state index is 0.0650. The number of nitrogens with one attached hydrogen (secondary N) is 2. The number of aliphatic carboxylic acids is 1. The van der Waals surface area contributed by atoms with Crippen molar-refractivity contribution in [2.24, 2.45) is 11.0 Å². The number of quaternary nitrogens is 1. The van der Waals surface area contributed by atoms with Crippen molar-refractivity contribution in [2.45, 2.75) is 11.4 Å². The smallest absolute Gasteiger partial charge is 0.289 e. The molecule has 1 aromatic heterocycles. The number of allylic oxidation sites excluding steroid dienone is 1. The van der Waals surface area contributed by atoms with Crippen molar-refractivity contribution in [2.75, 3.05) is 45.8 Å². The number of likely N-dealkylation sites (N-methyl/N-ethyl adjacent to an activating group) is 1. The summed E-state index contributed by atoms with van der Waals surface area (Å²) in [7, 11) is 4.85. The molecule has 3 rings (SSSR count). The molecule has 0 radical (unpaired) electrons. The van der Waals surface area contributed by atoms with Crippen LogP contribution in [0.1, 0.15) is 5.82 Å². The van der Waals surface area contributed by atoms with Crippen LogP contribution in [0.2, 0.25) is 0 Å². The maximum absolute atomic E-state index is 12.9. The highest BCUT2D eigenvalue weighted by Gasteiger charge is 2.53. The van der Waals surface area contributed by atoms with Crippen molar-refractivity contribution in [1.29, 1.82) is 0 Å². The summed E-state index contributed by atoms with van der Waals surface area (Å²) in [5, 5.41) is 17.5. The van der Waals surface area contributed by atoms with Gasteiger partial charge in [-0.15, -0.1) is 11.8 Å². The van der Waals surface area contributed by atoms with Gasteiger partial charge in [0.15, 0.2) is 11.7 Å². The van der Waals surface area contributed by atoms with Crippen molar-refractivity contribution in [1.82, 2.24) is 25.0 Å². The number of nitrogens with zero attached hydrogens (tertiary/aromatic N) is 5. The number of amides is 3. The van der Waals surface area contributed by atoms with E-state index in [9.17, 15) is 24.3 Å². The fraction of sp³-hybridized carbons (Fsp3) is 0.421. The summed E-state index contributed by atoms with van der Waals surface area (Å²) >= 11 is 2.14. The van der Waals surface area contributed by atoms with Gasteiger partial charge in [0.25, 0.3) is 17.7 Å². The Bertz CT molecular complexity index is 1160. The van der Waals surface area contributed by atoms with Crippen LogP contribution in [-0.4, -0.2) is 99.6 Å². The summed E-state index contributed by atoms with van der Waals surface area (Å²) in [6.45, 7) is 0.516. The number of hydrazine groups is 1. The summed E-state index contributed by atoms with van der Waals surface area (Å²) in [5.74, 6) is 2.06. The first-order chi connectivity index (χ1) is 17.0. The van der Waals surface area contributed by atoms with E-state index < -0.39 is 29.2 Å². The number of fused-ring (bicyclic) bond motifs is 1. The van der Waals surface area contributed by atoms with Crippen LogP contribution in [0, 0.1) is 0 Å². The molecular weight excluding hydrogens is 514 g/mol. The van der Waals surface area contributed by atoms with Gasteiger partial charge < -0.3 is 30.3 Å². The van der Waals surface area contributed by atoms with Crippen LogP contribution in [0.25, 0.3) is 0 Å². The Morgan fingerprint density at radius 2 is 2.11 bits per heavy atom. The number of carboxylic acid groups (broad SMARTS) is 1. The number of rotatable bonds is 10. The van der Waals surface area contributed by atoms with Gasteiger partial charge in [0.2, 0.25) is 11.5 Å². The highest BCUT2D eigenvalue weighted by atomic mass is 32.2. The van der Waals surface area contributed by atoms with Crippen molar-refractivity contribution >= 4 is 57.8 Å². The lowest BCUT2D eigenvalue weighted by Gasteiger charge is -2.50. The van der Waals surface area contributed by atoms with Crippen molar-refractivity contribution in [3.8, 4) is 0 Å². The minimum Gasteiger partial charge on any atom is -0.543 e. The van der Waals surface area contributed by atoms with E-state index in [-0.39, 0.29) is 45.1 Å². The zero-order valence-electron chi connectivity index (χ0n) is 19.6. The molecule has 0 unspecified atom stereocenters. The summed E-state index contributed by atoms with van der Waals surface area (Å²) in [5.41, 5.74) is 7.46. The fourth-order valence-electron chi connectivity index (χ4n) is 3.56. The van der Waals surface area contributed by atoms with Gasteiger partial charge in [-0.3, -0.25) is 24.7 Å². The number of hydrogen-bond donors (Lipinski definition) is 4. The van der Waals surface area contributed by atoms with Crippen molar-refractivity contribution in [3.05, 3.63) is 29.2 Å². The van der Waals surface area contributed by atoms with Crippen LogP contribution < -0.4 is 27.4 Å². The third-order valence-electron chi connectivity index (χ3n) is 5.18. The van der Waals surface area contributed by atoms with E-state index in [4.69, 9.17) is 11.6 Å². The lowest BCUT2D eigenvalue weighted by Crippen LogP contribution is -2.71. The van der Waals surface area contributed by atoms with Crippen LogP contribution in [0.3, 0.4) is 0 Å². The number of hydrogen-bond acceptors (Lipinski definition) is 13. The molecule has 6 N–H and O–H groups in total. The van der Waals surface area contributed by atoms with Crippen molar-refractivity contribution in [3.63, 3.8) is 0 Å². The molecule has 15 nitrogen and oxygen atoms in total. The number of β-lactam (4-membered cyclic amide) rings is 1. The Hall–Kier alpha value is -3.54. The average molecular weight is 540 g/mol. The number of nitrogen functional groups attached to an aromatic ring is 1. The molecular formula is C19H25N9O6S2. The van der Waals surface area contributed by atoms with E-state index in [0.717, 1.165) is 16.4 Å². The van der Waals surface area contributed by atoms with Gasteiger partial charge in [-0.1, -0.05) is 11.2 Å². The number of carbonyl (C=O) groups is 4. The largest absolute Gasteiger partial charge is 0.543 e. The maximum atomic E-state index is 12.9. The van der Waals surface area contributed by atoms with Gasteiger partial charge in [0.05, 0.1) is 32.3 Å². The van der Waals surface area contributed by atoms with Gasteiger partial charge in [-0.2, -0.15) is 9.36 Å². The van der Waals surface area contributed by atoms with Crippen LogP contribution in [0.15, 0.2) is 28.6 Å². The first-order valence-electron chi connectivity index (χ1n) is 10.4. The molecule has 0 spiro atoms. The Balaban J connectivity index is 1.74. The normalized spacial score (nSPS) is 20.2. The standard InChI is InChI=1S/C19H25N9O6S2/c1-28(2,7-10(29)24-21)6-4-5-9-8-35-17-12(16(31)27(17)13(9)18(32)33)22-15(30)11(25-34-3)14-23-19(20)36-26-14/h4-5,12,17H,6-8H2,1-3H3,(H6-,20,21,22,23,24,25,26,29,30,32,33)/b5-4+/t12-,17+/m1/s1. The van der Waals surface area contributed by atoms with Crippen molar-refractivity contribution < 1.29 is 33.6 Å². The summed E-state index contributed by atoms with van der Waals surface area (Å²) in [6, 6.07) is -1.01. The highest BCUT2D eigenvalue weighted by Crippen LogP contribution is 2.40. The molecule has 36 heavy (non-hydrogen) atoms. The molecule has 2 aliphatic rings. The van der Waals surface area contributed by atoms with E-state index in [1.807, 2.05) is 14.1 Å². The number of thioether (sulfide) groups is 1. The quantitative estimate of drug-likeness (QED) is 0.0571. The maximum Gasteiger partial charge on any atom is 0.289 e. The molecule has 0 aliphatic carbocycles. The van der Waals surface area contributed by atoms with E-state index >= 15 is 0 Å². The Morgan fingerprint density at radius 1 is 1.39 bits per heavy atom. The van der Waals surface area contributed by atoms with Gasteiger partial charge in [0, 0.05) is 17.3 Å². The molecule has 194 valence electrons. The molecule has 1 aromatic rings. The monoisotopic (exact) mass is 539 g/mol. The zero-order chi connectivity index (χ0) is 26.6. The second kappa shape index (κ2) is 11.0. The molecule has 2 aliphatic heterocycles. The number of nitrogens with two attached hydrogens (primary N) is 2. The topological polar surface area (TPSA) is 218 Å². The molecule has 1 fully saturated rings. The Morgan fingerprint density at radius 3 is 2.69 bits per heavy atom. The molecule has 1 saturated heterocycles. The number of anilines is 1. The van der Waals surface area contributed by atoms with Gasteiger partial charge in [-0.25, -0.2) is 5.84 Å². The predicted molar refractivity (Wildman–Crippen MR) is 128 cm³/mol. The Labute approximate surface area is 213 Å². The first-order valence-corrected chi connectivity index (χ1v) is 12.2. The molecule has 3 amide bonds. The summed E-state index contributed by atoms with van der Waals surface area (Å²) in [4.78, 5) is 58.8. The molecule has 0 saturated carbocycles. The van der Waals surface area contributed by atoms with E-state index in [1.54, 1.807) is 12.2 Å². The van der Waals surface area contributed by atoms with E-state index in [0.29, 0.717) is 12.1 Å². The van der Waals surface area contributed by atoms with Crippen LogP contribution in [0.5, 0.6) is 0 Å². The predicted octanol–water partition coefficient (Wildman–Crippen LogP) is -3.50. The summed E-state index contributed by atoms with van der Waals surface area (Å²) in [6.07, 6.45) is 3.31. The fourth-order valence-corrected chi connectivity index (χ4v) is 5.31. The van der Waals surface area contributed by atoms with Gasteiger partial charge >= 0.3 is 0 Å². The summed E-state index contributed by atoms with van der Waals surface area (Å²) < 4.78 is 4.19. The van der Waals surface area contributed by atoms with Gasteiger partial charge in [-0.05, 0) is 11.6 Å². The van der Waals surface area contributed by atoms with E-state index in [2.05, 4.69) is 30.1 Å². The molecule has 0 bridgehead atoms. The van der Waals surface area contributed by atoms with E-state index in [1.165, 1.54) is 18.9 Å². The number of oxime groups is 1.